The first-order chi connectivity index (χ1) is 7.75. The van der Waals surface area contributed by atoms with Gasteiger partial charge in [0.25, 0.3) is 0 Å². The van der Waals surface area contributed by atoms with E-state index in [0.29, 0.717) is 12.2 Å². The van der Waals surface area contributed by atoms with Crippen molar-refractivity contribution in [2.75, 3.05) is 0 Å². The van der Waals surface area contributed by atoms with Crippen LogP contribution in [0.1, 0.15) is 71.6 Å². The van der Waals surface area contributed by atoms with E-state index in [-0.39, 0.29) is 0 Å². The number of hydrogen-bond donors (Lipinski definition) is 0. The molecule has 0 unspecified atom stereocenters. The van der Waals surface area contributed by atoms with Crippen LogP contribution in [0.3, 0.4) is 0 Å². The Morgan fingerprint density at radius 2 is 1.31 bits per heavy atom. The lowest BCUT2D eigenvalue weighted by molar-refractivity contribution is -0.0533. The van der Waals surface area contributed by atoms with Crippen LogP contribution in [0.5, 0.6) is 0 Å². The largest absolute Gasteiger partial charge is 0.375 e. The molecule has 0 radical (unpaired) electrons. The van der Waals surface area contributed by atoms with Crippen molar-refractivity contribution < 1.29 is 4.74 Å². The molecule has 0 saturated heterocycles. The maximum atomic E-state index is 6.26. The molecule has 0 N–H and O–H groups in total. The van der Waals surface area contributed by atoms with Gasteiger partial charge in [-0.05, 0) is 50.4 Å². The summed E-state index contributed by atoms with van der Waals surface area (Å²) < 4.78 is 6.26. The van der Waals surface area contributed by atoms with Crippen molar-refractivity contribution in [3.63, 3.8) is 0 Å². The van der Waals surface area contributed by atoms with Crippen molar-refractivity contribution in [3.05, 3.63) is 0 Å². The van der Waals surface area contributed by atoms with E-state index in [0.717, 1.165) is 11.8 Å². The molecule has 1 heteroatoms. The third-order valence-corrected chi connectivity index (χ3v) is 4.60. The summed E-state index contributed by atoms with van der Waals surface area (Å²) in [5.74, 6) is 1.84. The molecule has 0 atom stereocenters. The third kappa shape index (κ3) is 3.48. The second-order valence-corrected chi connectivity index (χ2v) is 6.18. The predicted octanol–water partition coefficient (Wildman–Crippen LogP) is 4.55. The van der Waals surface area contributed by atoms with E-state index in [1.54, 1.807) is 0 Å². The van der Waals surface area contributed by atoms with Gasteiger partial charge in [0.2, 0.25) is 0 Å². The van der Waals surface area contributed by atoms with Gasteiger partial charge in [-0.2, -0.15) is 0 Å². The van der Waals surface area contributed by atoms with Crippen molar-refractivity contribution in [3.8, 4) is 0 Å². The van der Waals surface area contributed by atoms with Gasteiger partial charge in [0, 0.05) is 0 Å². The smallest absolute Gasteiger partial charge is 0.0579 e. The van der Waals surface area contributed by atoms with Gasteiger partial charge in [-0.1, -0.05) is 33.1 Å². The Morgan fingerprint density at radius 3 is 1.88 bits per heavy atom. The highest BCUT2D eigenvalue weighted by molar-refractivity contribution is 4.76. The quantitative estimate of drug-likeness (QED) is 0.683. The maximum absolute atomic E-state index is 6.26. The number of ether oxygens (including phenoxy) is 1. The Hall–Kier alpha value is -0.0400. The molecule has 1 nitrogen and oxygen atoms in total. The second kappa shape index (κ2) is 6.05. The lowest BCUT2D eigenvalue weighted by Gasteiger charge is -2.34. The minimum atomic E-state index is 0.595. The van der Waals surface area contributed by atoms with Crippen LogP contribution in [0, 0.1) is 11.8 Å². The molecule has 2 aliphatic rings. The van der Waals surface area contributed by atoms with Gasteiger partial charge in [-0.25, -0.2) is 0 Å². The molecular formula is C15H28O. The summed E-state index contributed by atoms with van der Waals surface area (Å²) in [6, 6.07) is 0. The average Bonchev–Trinajstić information content (AvgIpc) is 2.31. The average molecular weight is 224 g/mol. The summed E-state index contributed by atoms with van der Waals surface area (Å²) in [7, 11) is 0. The fourth-order valence-electron chi connectivity index (χ4n) is 3.36. The molecule has 0 aliphatic heterocycles. The zero-order valence-electron chi connectivity index (χ0n) is 11.1. The molecule has 0 aromatic rings. The van der Waals surface area contributed by atoms with Crippen molar-refractivity contribution in [2.24, 2.45) is 11.8 Å². The maximum Gasteiger partial charge on any atom is 0.0579 e. The predicted molar refractivity (Wildman–Crippen MR) is 68.5 cm³/mol. The SMILES string of the molecule is CC(C)C1CCC(OC2CCCCC2)CC1. The molecule has 16 heavy (non-hydrogen) atoms. The first-order valence-corrected chi connectivity index (χ1v) is 7.41. The Labute approximate surface area is 101 Å². The normalized spacial score (nSPS) is 33.2. The molecule has 2 fully saturated rings. The van der Waals surface area contributed by atoms with Crippen LogP contribution >= 0.6 is 0 Å². The van der Waals surface area contributed by atoms with Gasteiger partial charge in [-0.15, -0.1) is 0 Å². The first kappa shape index (κ1) is 12.4. The highest BCUT2D eigenvalue weighted by Crippen LogP contribution is 2.33. The van der Waals surface area contributed by atoms with Crippen LogP contribution in [0.2, 0.25) is 0 Å². The second-order valence-electron chi connectivity index (χ2n) is 6.18. The van der Waals surface area contributed by atoms with Crippen molar-refractivity contribution in [2.45, 2.75) is 83.8 Å². The molecule has 0 heterocycles. The fourth-order valence-corrected chi connectivity index (χ4v) is 3.36. The van der Waals surface area contributed by atoms with Gasteiger partial charge in [0.15, 0.2) is 0 Å². The molecule has 2 aliphatic carbocycles. The minimum Gasteiger partial charge on any atom is -0.375 e. The zero-order valence-corrected chi connectivity index (χ0v) is 11.1. The topological polar surface area (TPSA) is 9.23 Å². The fraction of sp³-hybridized carbons (Fsp3) is 1.00. The highest BCUT2D eigenvalue weighted by atomic mass is 16.5. The Kier molecular flexibility index (Phi) is 4.69. The Bertz CT molecular complexity index is 186. The van der Waals surface area contributed by atoms with Gasteiger partial charge in [0.1, 0.15) is 0 Å². The van der Waals surface area contributed by atoms with Crippen LogP contribution < -0.4 is 0 Å². The minimum absolute atomic E-state index is 0.595. The van der Waals surface area contributed by atoms with Gasteiger partial charge >= 0.3 is 0 Å². The van der Waals surface area contributed by atoms with E-state index in [1.165, 1.54) is 57.8 Å². The van der Waals surface area contributed by atoms with Crippen molar-refractivity contribution in [1.29, 1.82) is 0 Å². The molecule has 2 saturated carbocycles. The molecule has 0 bridgehead atoms. The van der Waals surface area contributed by atoms with E-state index >= 15 is 0 Å². The van der Waals surface area contributed by atoms with Crippen LogP contribution in [0.25, 0.3) is 0 Å². The van der Waals surface area contributed by atoms with Crippen LogP contribution in [0.4, 0.5) is 0 Å². The van der Waals surface area contributed by atoms with Gasteiger partial charge < -0.3 is 4.74 Å². The lowest BCUT2D eigenvalue weighted by Crippen LogP contribution is -2.29. The summed E-state index contributed by atoms with van der Waals surface area (Å²) in [6.45, 7) is 4.74. The number of rotatable bonds is 3. The molecule has 0 aromatic carbocycles. The van der Waals surface area contributed by atoms with E-state index in [4.69, 9.17) is 4.74 Å². The third-order valence-electron chi connectivity index (χ3n) is 4.60. The van der Waals surface area contributed by atoms with Crippen molar-refractivity contribution >= 4 is 0 Å². The summed E-state index contributed by atoms with van der Waals surface area (Å²) in [4.78, 5) is 0. The lowest BCUT2D eigenvalue weighted by atomic mass is 9.80. The summed E-state index contributed by atoms with van der Waals surface area (Å²) >= 11 is 0. The highest BCUT2D eigenvalue weighted by Gasteiger charge is 2.26. The van der Waals surface area contributed by atoms with Crippen LogP contribution in [-0.2, 0) is 4.74 Å². The summed E-state index contributed by atoms with van der Waals surface area (Å²) in [5, 5.41) is 0. The van der Waals surface area contributed by atoms with Gasteiger partial charge in [-0.3, -0.25) is 0 Å². The summed E-state index contributed by atoms with van der Waals surface area (Å²) in [6.07, 6.45) is 13.5. The summed E-state index contributed by atoms with van der Waals surface area (Å²) in [5.41, 5.74) is 0. The Balaban J connectivity index is 1.68. The van der Waals surface area contributed by atoms with Gasteiger partial charge in [0.05, 0.1) is 12.2 Å². The van der Waals surface area contributed by atoms with Crippen molar-refractivity contribution in [1.82, 2.24) is 0 Å². The molecule has 0 amide bonds. The van der Waals surface area contributed by atoms with E-state index in [1.807, 2.05) is 0 Å². The first-order valence-electron chi connectivity index (χ1n) is 7.41. The zero-order chi connectivity index (χ0) is 11.4. The molecular weight excluding hydrogens is 196 g/mol. The van der Waals surface area contributed by atoms with Crippen LogP contribution in [0.15, 0.2) is 0 Å². The Morgan fingerprint density at radius 1 is 0.750 bits per heavy atom. The molecule has 0 spiro atoms. The molecule has 2 rings (SSSR count). The molecule has 94 valence electrons. The monoisotopic (exact) mass is 224 g/mol. The van der Waals surface area contributed by atoms with E-state index < -0.39 is 0 Å². The van der Waals surface area contributed by atoms with E-state index in [9.17, 15) is 0 Å². The standard InChI is InChI=1S/C15H28O/c1-12(2)13-8-10-15(11-9-13)16-14-6-4-3-5-7-14/h12-15H,3-11H2,1-2H3. The van der Waals surface area contributed by atoms with E-state index in [2.05, 4.69) is 13.8 Å². The molecule has 0 aromatic heterocycles. The number of hydrogen-bond acceptors (Lipinski definition) is 1. The van der Waals surface area contributed by atoms with Crippen LogP contribution in [-0.4, -0.2) is 12.2 Å².